The highest BCUT2D eigenvalue weighted by Crippen LogP contribution is 2.27. The van der Waals surface area contributed by atoms with Crippen LogP contribution >= 0.6 is 0 Å². The van der Waals surface area contributed by atoms with Gasteiger partial charge >= 0.3 is 0 Å². The lowest BCUT2D eigenvalue weighted by Crippen LogP contribution is -2.40. The molecule has 6 nitrogen and oxygen atoms in total. The highest BCUT2D eigenvalue weighted by atomic mass is 16.2. The van der Waals surface area contributed by atoms with Gasteiger partial charge in [0.2, 0.25) is 0 Å². The van der Waals surface area contributed by atoms with Crippen LogP contribution in [0, 0.1) is 0 Å². The number of nitrogens with zero attached hydrogens (tertiary/aromatic N) is 4. The predicted molar refractivity (Wildman–Crippen MR) is 112 cm³/mol. The van der Waals surface area contributed by atoms with E-state index in [1.807, 2.05) is 41.4 Å². The molecule has 1 aromatic carbocycles. The number of rotatable bonds is 6. The molecule has 1 fully saturated rings. The lowest BCUT2D eigenvalue weighted by atomic mass is 9.96. The first-order chi connectivity index (χ1) is 13.6. The van der Waals surface area contributed by atoms with Crippen LogP contribution in [0.25, 0.3) is 10.9 Å². The Morgan fingerprint density at radius 2 is 2.18 bits per heavy atom. The molecule has 1 saturated heterocycles. The molecule has 0 aliphatic carbocycles. The summed E-state index contributed by atoms with van der Waals surface area (Å²) in [6, 6.07) is 9.99. The van der Waals surface area contributed by atoms with Crippen molar-refractivity contribution in [1.82, 2.24) is 24.3 Å². The molecule has 1 amide bonds. The molecule has 4 rings (SSSR count). The van der Waals surface area contributed by atoms with Crippen LogP contribution in [0.5, 0.6) is 0 Å². The normalized spacial score (nSPS) is 17.5. The Balaban J connectivity index is 1.46. The van der Waals surface area contributed by atoms with E-state index in [9.17, 15) is 4.79 Å². The van der Waals surface area contributed by atoms with Crippen molar-refractivity contribution in [3.63, 3.8) is 0 Å². The summed E-state index contributed by atoms with van der Waals surface area (Å²) in [6.07, 6.45) is 7.16. The second-order valence-corrected chi connectivity index (χ2v) is 8.00. The quantitative estimate of drug-likeness (QED) is 0.715. The van der Waals surface area contributed by atoms with Crippen LogP contribution in [-0.4, -0.2) is 64.0 Å². The van der Waals surface area contributed by atoms with E-state index in [1.165, 1.54) is 0 Å². The van der Waals surface area contributed by atoms with E-state index in [4.69, 9.17) is 0 Å². The number of aromatic amines is 1. The molecule has 1 aliphatic rings. The molecule has 3 heterocycles. The SMILES string of the molecule is CN(C)CCCn1ccnc1[C@@H]1CCCN(C(=O)c2cc3ccccc3[nH]2)C1. The lowest BCUT2D eigenvalue weighted by molar-refractivity contribution is 0.0698. The van der Waals surface area contributed by atoms with E-state index in [0.29, 0.717) is 11.6 Å². The molecule has 0 bridgehead atoms. The molecule has 28 heavy (non-hydrogen) atoms. The molecule has 2 aromatic heterocycles. The van der Waals surface area contributed by atoms with E-state index in [1.54, 1.807) is 0 Å². The number of hydrogen-bond acceptors (Lipinski definition) is 3. The summed E-state index contributed by atoms with van der Waals surface area (Å²) in [5.41, 5.74) is 1.69. The van der Waals surface area contributed by atoms with Crippen LogP contribution in [0.4, 0.5) is 0 Å². The first-order valence-electron chi connectivity index (χ1n) is 10.1. The number of H-pyrrole nitrogens is 1. The number of fused-ring (bicyclic) bond motifs is 1. The number of amides is 1. The number of hydrogen-bond donors (Lipinski definition) is 1. The van der Waals surface area contributed by atoms with Gasteiger partial charge in [0.25, 0.3) is 5.91 Å². The van der Waals surface area contributed by atoms with Gasteiger partial charge in [0.05, 0.1) is 0 Å². The summed E-state index contributed by atoms with van der Waals surface area (Å²) in [6.45, 7) is 3.58. The molecule has 1 N–H and O–H groups in total. The summed E-state index contributed by atoms with van der Waals surface area (Å²) < 4.78 is 2.27. The Hall–Kier alpha value is -2.60. The number of para-hydroxylation sites is 1. The summed E-state index contributed by atoms with van der Waals surface area (Å²) >= 11 is 0. The van der Waals surface area contributed by atoms with Gasteiger partial charge in [0.15, 0.2) is 0 Å². The van der Waals surface area contributed by atoms with Crippen LogP contribution in [0.3, 0.4) is 0 Å². The van der Waals surface area contributed by atoms with Gasteiger partial charge in [-0.15, -0.1) is 0 Å². The van der Waals surface area contributed by atoms with E-state index < -0.39 is 0 Å². The summed E-state index contributed by atoms with van der Waals surface area (Å²) in [5.74, 6) is 1.51. The lowest BCUT2D eigenvalue weighted by Gasteiger charge is -2.32. The maximum Gasteiger partial charge on any atom is 0.270 e. The van der Waals surface area contributed by atoms with Crippen molar-refractivity contribution < 1.29 is 4.79 Å². The number of piperidine rings is 1. The maximum absolute atomic E-state index is 13.1. The van der Waals surface area contributed by atoms with Crippen LogP contribution in [0.15, 0.2) is 42.7 Å². The smallest absolute Gasteiger partial charge is 0.270 e. The molecule has 0 spiro atoms. The van der Waals surface area contributed by atoms with Gasteiger partial charge in [-0.25, -0.2) is 4.98 Å². The number of aromatic nitrogens is 3. The molecule has 6 heteroatoms. The van der Waals surface area contributed by atoms with Crippen molar-refractivity contribution in [2.75, 3.05) is 33.7 Å². The summed E-state index contributed by atoms with van der Waals surface area (Å²) in [7, 11) is 4.20. The molecular weight excluding hydrogens is 350 g/mol. The fourth-order valence-corrected chi connectivity index (χ4v) is 4.16. The Bertz CT molecular complexity index is 908. The van der Waals surface area contributed by atoms with Gasteiger partial charge in [-0.05, 0) is 52.0 Å². The zero-order valence-corrected chi connectivity index (χ0v) is 16.8. The van der Waals surface area contributed by atoms with E-state index in [-0.39, 0.29) is 5.91 Å². The Kier molecular flexibility index (Phi) is 5.48. The zero-order chi connectivity index (χ0) is 19.5. The molecule has 148 valence electrons. The molecule has 0 saturated carbocycles. The number of carbonyl (C=O) groups is 1. The number of nitrogens with one attached hydrogen (secondary N) is 1. The fourth-order valence-electron chi connectivity index (χ4n) is 4.16. The van der Waals surface area contributed by atoms with Gasteiger partial charge in [0, 0.05) is 48.8 Å². The van der Waals surface area contributed by atoms with E-state index in [2.05, 4.69) is 39.7 Å². The highest BCUT2D eigenvalue weighted by molar-refractivity contribution is 5.98. The van der Waals surface area contributed by atoms with Crippen LogP contribution in [-0.2, 0) is 6.54 Å². The maximum atomic E-state index is 13.1. The van der Waals surface area contributed by atoms with Crippen LogP contribution in [0.1, 0.15) is 41.5 Å². The van der Waals surface area contributed by atoms with Gasteiger partial charge in [0.1, 0.15) is 11.5 Å². The average molecular weight is 380 g/mol. The number of likely N-dealkylation sites (tertiary alicyclic amines) is 1. The van der Waals surface area contributed by atoms with Crippen molar-refractivity contribution in [1.29, 1.82) is 0 Å². The van der Waals surface area contributed by atoms with Crippen molar-refractivity contribution in [3.8, 4) is 0 Å². The second kappa shape index (κ2) is 8.19. The standard InChI is InChI=1S/C22H29N5O/c1-25(2)11-6-13-26-14-10-23-21(26)18-8-5-12-27(16-18)22(28)20-15-17-7-3-4-9-19(17)24-20/h3-4,7,9-10,14-15,18,24H,5-6,8,11-13,16H2,1-2H3/t18-/m1/s1. The van der Waals surface area contributed by atoms with Gasteiger partial charge in [-0.3, -0.25) is 4.79 Å². The van der Waals surface area contributed by atoms with E-state index in [0.717, 1.165) is 62.2 Å². The molecule has 3 aromatic rings. The fraction of sp³-hybridized carbons (Fsp3) is 0.455. The van der Waals surface area contributed by atoms with Crippen molar-refractivity contribution in [2.24, 2.45) is 0 Å². The van der Waals surface area contributed by atoms with Crippen LogP contribution in [0.2, 0.25) is 0 Å². The van der Waals surface area contributed by atoms with Crippen molar-refractivity contribution >= 4 is 16.8 Å². The third-order valence-corrected chi connectivity index (χ3v) is 5.59. The number of carbonyl (C=O) groups excluding carboxylic acids is 1. The number of aryl methyl sites for hydroxylation is 1. The summed E-state index contributed by atoms with van der Waals surface area (Å²) in [4.78, 5) is 25.2. The largest absolute Gasteiger partial charge is 0.351 e. The Morgan fingerprint density at radius 3 is 3.00 bits per heavy atom. The third-order valence-electron chi connectivity index (χ3n) is 5.59. The average Bonchev–Trinajstić information content (AvgIpc) is 3.34. The molecule has 1 aliphatic heterocycles. The topological polar surface area (TPSA) is 57.2 Å². The first-order valence-corrected chi connectivity index (χ1v) is 10.1. The van der Waals surface area contributed by atoms with Gasteiger partial charge < -0.3 is 19.4 Å². The Morgan fingerprint density at radius 1 is 1.32 bits per heavy atom. The predicted octanol–water partition coefficient (Wildman–Crippen LogP) is 3.34. The minimum Gasteiger partial charge on any atom is -0.351 e. The molecule has 0 unspecified atom stereocenters. The molecular formula is C22H29N5O. The third kappa shape index (κ3) is 3.97. The molecule has 1 atom stereocenters. The van der Waals surface area contributed by atoms with Crippen LogP contribution < -0.4 is 0 Å². The van der Waals surface area contributed by atoms with Gasteiger partial charge in [-0.2, -0.15) is 0 Å². The zero-order valence-electron chi connectivity index (χ0n) is 16.8. The minimum atomic E-state index is 0.0895. The Labute approximate surface area is 166 Å². The highest BCUT2D eigenvalue weighted by Gasteiger charge is 2.28. The first kappa shape index (κ1) is 18.7. The summed E-state index contributed by atoms with van der Waals surface area (Å²) in [5, 5.41) is 1.08. The minimum absolute atomic E-state index is 0.0895. The van der Waals surface area contributed by atoms with Crippen molar-refractivity contribution in [2.45, 2.75) is 31.7 Å². The number of imidazole rings is 1. The monoisotopic (exact) mass is 379 g/mol. The van der Waals surface area contributed by atoms with Gasteiger partial charge in [-0.1, -0.05) is 18.2 Å². The van der Waals surface area contributed by atoms with Crippen molar-refractivity contribution in [3.05, 3.63) is 54.2 Å². The number of benzene rings is 1. The van der Waals surface area contributed by atoms with E-state index >= 15 is 0 Å². The molecule has 0 radical (unpaired) electrons. The second-order valence-electron chi connectivity index (χ2n) is 8.00.